The number of aromatic nitrogens is 4. The zero-order valence-corrected chi connectivity index (χ0v) is 14.3. The minimum absolute atomic E-state index is 0.518. The molecule has 0 saturated heterocycles. The van der Waals surface area contributed by atoms with Crippen LogP contribution >= 0.6 is 0 Å². The molecule has 0 spiro atoms. The van der Waals surface area contributed by atoms with E-state index in [0.717, 1.165) is 34.0 Å². The molecule has 0 unspecified atom stereocenters. The molecule has 2 aromatic heterocycles. The van der Waals surface area contributed by atoms with Gasteiger partial charge in [0, 0.05) is 31.5 Å². The van der Waals surface area contributed by atoms with Gasteiger partial charge in [-0.2, -0.15) is 0 Å². The fraction of sp³-hybridized carbons (Fsp3) is 0.105. The molecular weight excluding hydrogens is 328 g/mol. The Bertz CT molecular complexity index is 1030. The SMILES string of the molecule is Cn1c(NCc2ccc(Oc3ccncn3)cc2)nc2ccc(N)cc21. The van der Waals surface area contributed by atoms with E-state index in [4.69, 9.17) is 10.5 Å². The summed E-state index contributed by atoms with van der Waals surface area (Å²) in [7, 11) is 1.97. The average molecular weight is 346 g/mol. The van der Waals surface area contributed by atoms with E-state index < -0.39 is 0 Å². The Morgan fingerprint density at radius 2 is 1.96 bits per heavy atom. The van der Waals surface area contributed by atoms with Crippen molar-refractivity contribution >= 4 is 22.7 Å². The van der Waals surface area contributed by atoms with Crippen LogP contribution < -0.4 is 15.8 Å². The molecule has 2 aromatic carbocycles. The number of hydrogen-bond acceptors (Lipinski definition) is 6. The predicted octanol–water partition coefficient (Wildman–Crippen LogP) is 3.35. The summed E-state index contributed by atoms with van der Waals surface area (Å²) in [5, 5.41) is 3.36. The van der Waals surface area contributed by atoms with Gasteiger partial charge in [-0.05, 0) is 35.9 Å². The van der Waals surface area contributed by atoms with Gasteiger partial charge in [-0.1, -0.05) is 12.1 Å². The minimum atomic E-state index is 0.518. The molecule has 130 valence electrons. The fourth-order valence-corrected chi connectivity index (χ4v) is 2.68. The van der Waals surface area contributed by atoms with Gasteiger partial charge in [-0.15, -0.1) is 0 Å². The van der Waals surface area contributed by atoms with Crippen LogP contribution in [-0.4, -0.2) is 19.5 Å². The van der Waals surface area contributed by atoms with Gasteiger partial charge in [0.25, 0.3) is 0 Å². The van der Waals surface area contributed by atoms with Gasteiger partial charge in [-0.3, -0.25) is 0 Å². The number of nitrogens with zero attached hydrogens (tertiary/aromatic N) is 4. The Morgan fingerprint density at radius 1 is 1.12 bits per heavy atom. The van der Waals surface area contributed by atoms with Crippen molar-refractivity contribution in [3.63, 3.8) is 0 Å². The van der Waals surface area contributed by atoms with Crippen LogP contribution in [0.5, 0.6) is 11.6 Å². The fourth-order valence-electron chi connectivity index (χ4n) is 2.68. The molecule has 3 N–H and O–H groups in total. The molecule has 0 aliphatic heterocycles. The van der Waals surface area contributed by atoms with Crippen molar-refractivity contribution in [1.29, 1.82) is 0 Å². The summed E-state index contributed by atoms with van der Waals surface area (Å²) in [4.78, 5) is 12.5. The third kappa shape index (κ3) is 3.27. The van der Waals surface area contributed by atoms with Crippen molar-refractivity contribution in [2.45, 2.75) is 6.54 Å². The lowest BCUT2D eigenvalue weighted by Crippen LogP contribution is -2.04. The molecule has 0 aliphatic carbocycles. The molecule has 7 nitrogen and oxygen atoms in total. The Balaban J connectivity index is 1.44. The smallest absolute Gasteiger partial charge is 0.222 e. The molecule has 0 aliphatic rings. The number of anilines is 2. The van der Waals surface area contributed by atoms with Crippen LogP contribution in [0.2, 0.25) is 0 Å². The summed E-state index contributed by atoms with van der Waals surface area (Å²) in [6, 6.07) is 15.3. The quantitative estimate of drug-likeness (QED) is 0.539. The Kier molecular flexibility index (Phi) is 4.10. The second-order valence-corrected chi connectivity index (χ2v) is 5.89. The standard InChI is InChI=1S/C19H18N6O/c1-25-17-10-14(20)4-7-16(17)24-19(25)22-11-13-2-5-15(6-3-13)26-18-8-9-21-12-23-18/h2-10,12H,11,20H2,1H3,(H,22,24). The minimum Gasteiger partial charge on any atom is -0.439 e. The lowest BCUT2D eigenvalue weighted by molar-refractivity contribution is 0.461. The van der Waals surface area contributed by atoms with E-state index in [1.165, 1.54) is 6.33 Å². The highest BCUT2D eigenvalue weighted by molar-refractivity contribution is 5.81. The lowest BCUT2D eigenvalue weighted by atomic mass is 10.2. The van der Waals surface area contributed by atoms with Gasteiger partial charge in [0.1, 0.15) is 12.1 Å². The molecule has 4 aromatic rings. The van der Waals surface area contributed by atoms with E-state index >= 15 is 0 Å². The number of nitrogens with one attached hydrogen (secondary N) is 1. The molecule has 7 heteroatoms. The van der Waals surface area contributed by atoms with Crippen molar-refractivity contribution < 1.29 is 4.74 Å². The lowest BCUT2D eigenvalue weighted by Gasteiger charge is -2.08. The first-order valence-corrected chi connectivity index (χ1v) is 8.18. The number of imidazole rings is 1. The van der Waals surface area contributed by atoms with E-state index in [2.05, 4.69) is 20.3 Å². The first-order chi connectivity index (χ1) is 12.7. The first kappa shape index (κ1) is 15.9. The van der Waals surface area contributed by atoms with Gasteiger partial charge >= 0.3 is 0 Å². The zero-order chi connectivity index (χ0) is 17.9. The van der Waals surface area contributed by atoms with Gasteiger partial charge in [0.15, 0.2) is 0 Å². The second kappa shape index (κ2) is 6.72. The Hall–Kier alpha value is -3.61. The van der Waals surface area contributed by atoms with Crippen LogP contribution in [0.15, 0.2) is 61.1 Å². The van der Waals surface area contributed by atoms with Crippen LogP contribution in [0.4, 0.5) is 11.6 Å². The van der Waals surface area contributed by atoms with Crippen LogP contribution in [0.25, 0.3) is 11.0 Å². The molecular formula is C19H18N6O. The highest BCUT2D eigenvalue weighted by Crippen LogP contribution is 2.22. The summed E-state index contributed by atoms with van der Waals surface area (Å²) in [6.45, 7) is 0.653. The number of ether oxygens (including phenoxy) is 1. The van der Waals surface area contributed by atoms with E-state index in [1.807, 2.05) is 54.1 Å². The number of aryl methyl sites for hydroxylation is 1. The molecule has 26 heavy (non-hydrogen) atoms. The number of nitrogens with two attached hydrogens (primary N) is 1. The van der Waals surface area contributed by atoms with Crippen molar-refractivity contribution in [2.24, 2.45) is 7.05 Å². The van der Waals surface area contributed by atoms with Crippen molar-refractivity contribution in [3.8, 4) is 11.6 Å². The number of benzene rings is 2. The monoisotopic (exact) mass is 346 g/mol. The highest BCUT2D eigenvalue weighted by Gasteiger charge is 2.07. The summed E-state index contributed by atoms with van der Waals surface area (Å²) >= 11 is 0. The third-order valence-corrected chi connectivity index (χ3v) is 4.06. The molecule has 4 rings (SSSR count). The molecule has 0 bridgehead atoms. The normalized spacial score (nSPS) is 10.8. The van der Waals surface area contributed by atoms with E-state index in [1.54, 1.807) is 12.3 Å². The predicted molar refractivity (Wildman–Crippen MR) is 101 cm³/mol. The topological polar surface area (TPSA) is 90.9 Å². The third-order valence-electron chi connectivity index (χ3n) is 4.06. The van der Waals surface area contributed by atoms with Crippen molar-refractivity contribution in [1.82, 2.24) is 19.5 Å². The van der Waals surface area contributed by atoms with E-state index in [0.29, 0.717) is 12.4 Å². The summed E-state index contributed by atoms with van der Waals surface area (Å²) < 4.78 is 7.66. The van der Waals surface area contributed by atoms with Crippen molar-refractivity contribution in [2.75, 3.05) is 11.1 Å². The van der Waals surface area contributed by atoms with Crippen LogP contribution in [-0.2, 0) is 13.6 Å². The largest absolute Gasteiger partial charge is 0.439 e. The average Bonchev–Trinajstić information content (AvgIpc) is 2.98. The number of nitrogen functional groups attached to an aromatic ring is 1. The van der Waals surface area contributed by atoms with Gasteiger partial charge in [0.2, 0.25) is 11.8 Å². The maximum atomic E-state index is 5.86. The molecule has 0 atom stereocenters. The zero-order valence-electron chi connectivity index (χ0n) is 14.3. The molecule has 0 fully saturated rings. The Morgan fingerprint density at radius 3 is 2.73 bits per heavy atom. The number of rotatable bonds is 5. The molecule has 0 radical (unpaired) electrons. The van der Waals surface area contributed by atoms with E-state index in [-0.39, 0.29) is 0 Å². The van der Waals surface area contributed by atoms with Gasteiger partial charge in [0.05, 0.1) is 11.0 Å². The molecule has 0 amide bonds. The number of fused-ring (bicyclic) bond motifs is 1. The summed E-state index contributed by atoms with van der Waals surface area (Å²) in [6.07, 6.45) is 3.10. The number of hydrogen-bond donors (Lipinski definition) is 2. The highest BCUT2D eigenvalue weighted by atomic mass is 16.5. The summed E-state index contributed by atoms with van der Waals surface area (Å²) in [5.41, 5.74) is 9.62. The molecule has 2 heterocycles. The van der Waals surface area contributed by atoms with Crippen molar-refractivity contribution in [3.05, 3.63) is 66.6 Å². The maximum Gasteiger partial charge on any atom is 0.222 e. The summed E-state index contributed by atoms with van der Waals surface area (Å²) in [5.74, 6) is 2.04. The second-order valence-electron chi connectivity index (χ2n) is 5.89. The van der Waals surface area contributed by atoms with Gasteiger partial charge in [-0.25, -0.2) is 15.0 Å². The molecule has 0 saturated carbocycles. The van der Waals surface area contributed by atoms with Crippen LogP contribution in [0.3, 0.4) is 0 Å². The first-order valence-electron chi connectivity index (χ1n) is 8.18. The maximum absolute atomic E-state index is 5.86. The Labute approximate surface area is 150 Å². The van der Waals surface area contributed by atoms with E-state index in [9.17, 15) is 0 Å². The van der Waals surface area contributed by atoms with Crippen LogP contribution in [0, 0.1) is 0 Å². The van der Waals surface area contributed by atoms with Crippen LogP contribution in [0.1, 0.15) is 5.56 Å². The van der Waals surface area contributed by atoms with Gasteiger partial charge < -0.3 is 20.4 Å².